The van der Waals surface area contributed by atoms with Gasteiger partial charge in [0.2, 0.25) is 0 Å². The van der Waals surface area contributed by atoms with Gasteiger partial charge in [-0.1, -0.05) is 48.5 Å². The van der Waals surface area contributed by atoms with Crippen LogP contribution in [0.25, 0.3) is 0 Å². The van der Waals surface area contributed by atoms with E-state index in [1.54, 1.807) is 0 Å². The Labute approximate surface area is 343 Å². The van der Waals surface area contributed by atoms with E-state index < -0.39 is 195 Å². The van der Waals surface area contributed by atoms with Crippen molar-refractivity contribution in [3.8, 4) is 0 Å². The summed E-state index contributed by atoms with van der Waals surface area (Å²) < 4.78 is 341. The minimum absolute atomic E-state index is 0.691. The van der Waals surface area contributed by atoms with Crippen molar-refractivity contribution in [1.29, 1.82) is 0 Å². The van der Waals surface area contributed by atoms with E-state index in [9.17, 15) is 105 Å². The molecule has 0 spiro atoms. The highest BCUT2D eigenvalue weighted by Crippen LogP contribution is 2.41. The molecule has 0 unspecified atom stereocenters. The quantitative estimate of drug-likeness (QED) is 0.109. The van der Waals surface area contributed by atoms with Crippen LogP contribution in [-0.4, -0.2) is 6.15 Å². The molecule has 0 radical (unpaired) electrons. The molecule has 1 aliphatic carbocycles. The Bertz CT molecular complexity index is 1990. The van der Waals surface area contributed by atoms with Gasteiger partial charge in [-0.15, -0.1) is 0 Å². The van der Waals surface area contributed by atoms with Crippen LogP contribution in [0.15, 0.2) is 109 Å². The van der Waals surface area contributed by atoms with Crippen molar-refractivity contribution in [2.75, 3.05) is 0 Å². The molecule has 0 aliphatic heterocycles. The van der Waals surface area contributed by atoms with E-state index in [1.807, 2.05) is 30.7 Å². The van der Waals surface area contributed by atoms with Crippen LogP contribution in [0.4, 0.5) is 105 Å². The molecule has 0 fully saturated rings. The zero-order chi connectivity index (χ0) is 49.0. The molecule has 0 saturated heterocycles. The van der Waals surface area contributed by atoms with Crippen LogP contribution < -0.4 is 21.9 Å². The van der Waals surface area contributed by atoms with Crippen molar-refractivity contribution in [3.63, 3.8) is 0 Å². The highest BCUT2D eigenvalue weighted by atomic mass is 19.4. The SMILES string of the molecule is C=C1C=CC=C[CH+]1.FC(F)(F)c1cc([B-](c2cc(C(F)(F)F)cc(C(F)(F)F)c2)(c2cc(C(F)(F)F)cc(C(F)(F)F)c2)c2cc(C(F)(F)F)cc(C(F)(F)F)c2)cc(C(F)(F)F)c1. The van der Waals surface area contributed by atoms with Crippen LogP contribution in [0.2, 0.25) is 0 Å². The molecule has 0 aromatic heterocycles. The van der Waals surface area contributed by atoms with Gasteiger partial charge < -0.3 is 0 Å². The minimum atomic E-state index is -6.13. The van der Waals surface area contributed by atoms with E-state index in [0.29, 0.717) is 0 Å². The number of alkyl halides is 24. The second-order valence-corrected chi connectivity index (χ2v) is 13.7. The van der Waals surface area contributed by atoms with Crippen molar-refractivity contribution < 1.29 is 105 Å². The van der Waals surface area contributed by atoms with Gasteiger partial charge in [0.15, 0.2) is 0 Å². The van der Waals surface area contributed by atoms with E-state index in [2.05, 4.69) is 6.58 Å². The lowest BCUT2D eigenvalue weighted by molar-refractivity contribution is -0.144. The number of allylic oxidation sites excluding steroid dienone is 5. The minimum Gasteiger partial charge on any atom is -0.194 e. The second-order valence-electron chi connectivity index (χ2n) is 13.7. The smallest absolute Gasteiger partial charge is 0.194 e. The van der Waals surface area contributed by atoms with E-state index in [1.165, 1.54) is 0 Å². The zero-order valence-electron chi connectivity index (χ0n) is 30.7. The fourth-order valence-corrected chi connectivity index (χ4v) is 6.55. The molecule has 1 aliphatic rings. The molecule has 0 amide bonds. The predicted octanol–water partition coefficient (Wildman–Crippen LogP) is 13.1. The molecule has 4 aromatic rings. The number of hydrogen-bond donors (Lipinski definition) is 0. The van der Waals surface area contributed by atoms with Gasteiger partial charge in [-0.25, -0.2) is 0 Å². The number of rotatable bonds is 4. The summed E-state index contributed by atoms with van der Waals surface area (Å²) in [5.41, 5.74) is -29.1. The zero-order valence-corrected chi connectivity index (χ0v) is 30.7. The Hall–Kier alpha value is -5.65. The average molecular weight is 954 g/mol. The van der Waals surface area contributed by atoms with Crippen molar-refractivity contribution in [2.24, 2.45) is 0 Å². The lowest BCUT2D eigenvalue weighted by atomic mass is 9.12. The van der Waals surface area contributed by atoms with Gasteiger partial charge in [-0.3, -0.25) is 0 Å². The van der Waals surface area contributed by atoms with Crippen molar-refractivity contribution >= 4 is 28.0 Å². The molecule has 5 rings (SSSR count). The van der Waals surface area contributed by atoms with Crippen LogP contribution in [-0.2, 0) is 49.4 Å². The van der Waals surface area contributed by atoms with Gasteiger partial charge in [0.1, 0.15) is 6.15 Å². The average Bonchev–Trinajstić information content (AvgIpc) is 3.12. The number of hydrogen-bond acceptors (Lipinski definition) is 0. The van der Waals surface area contributed by atoms with Crippen LogP contribution in [0, 0.1) is 6.42 Å². The summed E-state index contributed by atoms with van der Waals surface area (Å²) in [7, 11) is 0. The maximum Gasteiger partial charge on any atom is 0.416 e. The number of halogens is 24. The van der Waals surface area contributed by atoms with E-state index in [-0.39, 0.29) is 0 Å². The van der Waals surface area contributed by atoms with E-state index in [0.717, 1.165) is 5.57 Å². The molecular weight excluding hydrogens is 935 g/mol. The fraction of sp³-hybridized carbons (Fsp3) is 0.205. The van der Waals surface area contributed by atoms with E-state index in [4.69, 9.17) is 0 Å². The standard InChI is InChI=1S/C32H12BF24.C7H7/c34-25(35,36)13-1-14(26(37,38)39)6-21(5-13)33(22-7-15(27(40,41)42)2-16(8-22)28(43,44)45,23-9-17(29(46,47)48)3-18(10-23)30(49,50)51)24-11-19(31(52,53)54)4-20(12-24)32(55,56)57;1-7-5-3-2-4-6-7/h1-12H;2-6H,1H2/q-1;+1. The first-order valence-electron chi connectivity index (χ1n) is 16.9. The molecule has 0 atom stereocenters. The Balaban J connectivity index is 0.00000117. The summed E-state index contributed by atoms with van der Waals surface area (Å²) in [6, 6.07) is -8.81. The lowest BCUT2D eigenvalue weighted by Crippen LogP contribution is -2.75. The normalized spacial score (nSPS) is 14.6. The molecule has 64 heavy (non-hydrogen) atoms. The molecule has 0 N–H and O–H groups in total. The topological polar surface area (TPSA) is 0 Å². The van der Waals surface area contributed by atoms with Crippen molar-refractivity contribution in [1.82, 2.24) is 0 Å². The van der Waals surface area contributed by atoms with Gasteiger partial charge >= 0.3 is 49.4 Å². The Morgan fingerprint density at radius 2 is 0.484 bits per heavy atom. The highest BCUT2D eigenvalue weighted by molar-refractivity contribution is 7.20. The maximum atomic E-state index is 14.2. The van der Waals surface area contributed by atoms with Gasteiger partial charge in [-0.2, -0.15) is 127 Å². The molecule has 0 saturated carbocycles. The molecule has 0 heterocycles. The first kappa shape index (κ1) is 51.0. The summed E-state index contributed by atoms with van der Waals surface area (Å²) in [5, 5.41) is 0. The van der Waals surface area contributed by atoms with Gasteiger partial charge in [0.25, 0.3) is 0 Å². The summed E-state index contributed by atoms with van der Waals surface area (Å²) in [6.07, 6.45) is -44.9. The first-order valence-corrected chi connectivity index (χ1v) is 16.9. The number of benzene rings is 4. The second kappa shape index (κ2) is 16.7. The fourth-order valence-electron chi connectivity index (χ4n) is 6.55. The Kier molecular flexibility index (Phi) is 13.3. The molecule has 346 valence electrons. The predicted molar refractivity (Wildman–Crippen MR) is 182 cm³/mol. The van der Waals surface area contributed by atoms with Gasteiger partial charge in [0.05, 0.1) is 50.1 Å². The molecule has 0 bridgehead atoms. The summed E-state index contributed by atoms with van der Waals surface area (Å²) in [4.78, 5) is 0. The Morgan fingerprint density at radius 3 is 0.594 bits per heavy atom. The van der Waals surface area contributed by atoms with Crippen LogP contribution >= 0.6 is 0 Å². The first-order chi connectivity index (χ1) is 28.7. The van der Waals surface area contributed by atoms with Crippen molar-refractivity contribution in [2.45, 2.75) is 49.4 Å². The summed E-state index contributed by atoms with van der Waals surface area (Å²) >= 11 is 0. The summed E-state index contributed by atoms with van der Waals surface area (Å²) in [6.45, 7) is 3.72. The third kappa shape index (κ3) is 11.5. The maximum absolute atomic E-state index is 14.2. The van der Waals surface area contributed by atoms with Crippen LogP contribution in [0.5, 0.6) is 0 Å². The third-order valence-corrected chi connectivity index (χ3v) is 9.28. The Morgan fingerprint density at radius 1 is 0.297 bits per heavy atom. The summed E-state index contributed by atoms with van der Waals surface area (Å²) in [5.74, 6) is 0. The monoisotopic (exact) mass is 954 g/mol. The molecule has 25 heteroatoms. The van der Waals surface area contributed by atoms with Crippen LogP contribution in [0.1, 0.15) is 44.5 Å². The van der Waals surface area contributed by atoms with Crippen molar-refractivity contribution in [3.05, 3.63) is 160 Å². The molecule has 0 nitrogen and oxygen atoms in total. The van der Waals surface area contributed by atoms with Gasteiger partial charge in [-0.05, 0) is 30.8 Å². The lowest BCUT2D eigenvalue weighted by Gasteiger charge is -2.46. The van der Waals surface area contributed by atoms with E-state index >= 15 is 0 Å². The van der Waals surface area contributed by atoms with Gasteiger partial charge in [0, 0.05) is 30.7 Å². The largest absolute Gasteiger partial charge is 0.416 e. The highest BCUT2D eigenvalue weighted by Gasteiger charge is 2.47. The molecule has 4 aromatic carbocycles. The third-order valence-electron chi connectivity index (χ3n) is 9.28. The molecular formula is C39H19BF24. The van der Waals surface area contributed by atoms with Crippen LogP contribution in [0.3, 0.4) is 0 Å².